The fraction of sp³-hybridized carbons (Fsp3) is 0.438. The van der Waals surface area contributed by atoms with Gasteiger partial charge in [0.2, 0.25) is 0 Å². The van der Waals surface area contributed by atoms with Gasteiger partial charge in [-0.15, -0.1) is 0 Å². The number of hydrogen-bond acceptors (Lipinski definition) is 2. The Kier molecular flexibility index (Phi) is 2.77. The van der Waals surface area contributed by atoms with Crippen molar-refractivity contribution in [3.63, 3.8) is 0 Å². The maximum Gasteiger partial charge on any atom is 0.128 e. The van der Waals surface area contributed by atoms with Crippen molar-refractivity contribution in [2.24, 2.45) is 5.73 Å². The molecule has 0 radical (unpaired) electrons. The largest absolute Gasteiger partial charge is 0.321 e. The molecule has 1 aromatic heterocycles. The van der Waals surface area contributed by atoms with Crippen LogP contribution < -0.4 is 5.73 Å². The van der Waals surface area contributed by atoms with E-state index in [0.717, 1.165) is 17.7 Å². The Morgan fingerprint density at radius 2 is 2.00 bits per heavy atom. The van der Waals surface area contributed by atoms with Crippen LogP contribution in [0.5, 0.6) is 0 Å². The van der Waals surface area contributed by atoms with Crippen molar-refractivity contribution in [3.8, 4) is 0 Å². The van der Waals surface area contributed by atoms with Crippen molar-refractivity contribution in [3.05, 3.63) is 53.1 Å². The van der Waals surface area contributed by atoms with Crippen LogP contribution in [-0.2, 0) is 17.5 Å². The summed E-state index contributed by atoms with van der Waals surface area (Å²) in [7, 11) is 0. The van der Waals surface area contributed by atoms with Gasteiger partial charge in [0.25, 0.3) is 0 Å². The van der Waals surface area contributed by atoms with Gasteiger partial charge >= 0.3 is 0 Å². The molecule has 1 atom stereocenters. The van der Waals surface area contributed by atoms with Gasteiger partial charge in [-0.1, -0.05) is 32.0 Å². The molecule has 0 saturated carbocycles. The lowest BCUT2D eigenvalue weighted by Crippen LogP contribution is -2.32. The molecule has 1 heterocycles. The van der Waals surface area contributed by atoms with Crippen LogP contribution in [0.2, 0.25) is 0 Å². The minimum absolute atomic E-state index is 0.0411. The second kappa shape index (κ2) is 4.16. The van der Waals surface area contributed by atoms with Crippen molar-refractivity contribution in [1.82, 2.24) is 9.78 Å². The smallest absolute Gasteiger partial charge is 0.128 e. The molecule has 1 aliphatic carbocycles. The van der Waals surface area contributed by atoms with Crippen LogP contribution in [0.25, 0.3) is 0 Å². The summed E-state index contributed by atoms with van der Waals surface area (Å²) in [5.41, 5.74) is 8.84. The molecule has 2 aromatic rings. The van der Waals surface area contributed by atoms with E-state index in [9.17, 15) is 4.39 Å². The van der Waals surface area contributed by atoms with Gasteiger partial charge in [0.05, 0.1) is 12.7 Å². The van der Waals surface area contributed by atoms with E-state index < -0.39 is 0 Å². The summed E-state index contributed by atoms with van der Waals surface area (Å²) in [4.78, 5) is 0. The quantitative estimate of drug-likeness (QED) is 0.914. The predicted molar refractivity (Wildman–Crippen MR) is 76.9 cm³/mol. The summed E-state index contributed by atoms with van der Waals surface area (Å²) in [6, 6.07) is 6.83. The number of halogens is 1. The Morgan fingerprint density at radius 3 is 2.70 bits per heavy atom. The molecular formula is C16H20FN3. The van der Waals surface area contributed by atoms with E-state index in [1.807, 2.05) is 23.9 Å². The third-order valence-electron chi connectivity index (χ3n) is 4.18. The highest BCUT2D eigenvalue weighted by molar-refractivity contribution is 5.39. The Bertz CT molecular complexity index is 655. The molecule has 2 N–H and O–H groups in total. The van der Waals surface area contributed by atoms with Gasteiger partial charge in [-0.05, 0) is 19.4 Å². The molecule has 3 nitrogen and oxygen atoms in total. The molecule has 0 fully saturated rings. The average Bonchev–Trinajstić information content (AvgIpc) is 2.82. The van der Waals surface area contributed by atoms with Gasteiger partial charge in [0.1, 0.15) is 5.82 Å². The first-order chi connectivity index (χ1) is 9.31. The Balaban J connectivity index is 2.05. The topological polar surface area (TPSA) is 43.8 Å². The highest BCUT2D eigenvalue weighted by atomic mass is 19.1. The minimum Gasteiger partial charge on any atom is -0.321 e. The third kappa shape index (κ3) is 1.95. The Labute approximate surface area is 118 Å². The first kappa shape index (κ1) is 13.3. The summed E-state index contributed by atoms with van der Waals surface area (Å²) >= 11 is 0. The lowest BCUT2D eigenvalue weighted by atomic mass is 9.87. The van der Waals surface area contributed by atoms with E-state index >= 15 is 0 Å². The van der Waals surface area contributed by atoms with E-state index in [1.54, 1.807) is 12.1 Å². The van der Waals surface area contributed by atoms with Crippen LogP contribution in [0, 0.1) is 5.82 Å². The van der Waals surface area contributed by atoms with Crippen LogP contribution in [0.4, 0.5) is 4.39 Å². The lowest BCUT2D eigenvalue weighted by Gasteiger charge is -2.24. The lowest BCUT2D eigenvalue weighted by molar-refractivity contribution is 0.369. The zero-order valence-electron chi connectivity index (χ0n) is 12.2. The molecule has 4 heteroatoms. The molecule has 0 bridgehead atoms. The number of aromatic nitrogens is 2. The van der Waals surface area contributed by atoms with E-state index in [-0.39, 0.29) is 16.8 Å². The van der Waals surface area contributed by atoms with Gasteiger partial charge in [0, 0.05) is 27.8 Å². The van der Waals surface area contributed by atoms with Gasteiger partial charge < -0.3 is 5.73 Å². The predicted octanol–water partition coefficient (Wildman–Crippen LogP) is 2.93. The highest BCUT2D eigenvalue weighted by Crippen LogP contribution is 2.46. The van der Waals surface area contributed by atoms with Crippen LogP contribution in [0.1, 0.15) is 44.0 Å². The maximum atomic E-state index is 13.8. The summed E-state index contributed by atoms with van der Waals surface area (Å²) < 4.78 is 15.7. The average molecular weight is 273 g/mol. The van der Waals surface area contributed by atoms with Crippen molar-refractivity contribution in [2.45, 2.75) is 44.7 Å². The number of nitrogens with zero attached hydrogens (tertiary/aromatic N) is 2. The Morgan fingerprint density at radius 1 is 1.30 bits per heavy atom. The SMILES string of the molecule is CC1(C)C[C@](C)(N)c2cnn(Cc3ccccc3F)c21. The zero-order chi connectivity index (χ0) is 14.5. The number of hydrogen-bond donors (Lipinski definition) is 1. The fourth-order valence-corrected chi connectivity index (χ4v) is 3.52. The molecule has 0 saturated heterocycles. The summed E-state index contributed by atoms with van der Waals surface area (Å²) in [6.07, 6.45) is 2.72. The molecule has 106 valence electrons. The number of benzene rings is 1. The molecule has 1 aromatic carbocycles. The fourth-order valence-electron chi connectivity index (χ4n) is 3.52. The minimum atomic E-state index is -0.355. The molecular weight excluding hydrogens is 253 g/mol. The van der Waals surface area contributed by atoms with Gasteiger partial charge in [-0.25, -0.2) is 4.39 Å². The van der Waals surface area contributed by atoms with Gasteiger partial charge in [-0.3, -0.25) is 4.68 Å². The summed E-state index contributed by atoms with van der Waals surface area (Å²) in [5.74, 6) is -0.192. The standard InChI is InChI=1S/C16H20FN3/c1-15(2)10-16(3,18)12-8-19-20(14(12)15)9-11-6-4-5-7-13(11)17/h4-8H,9-10,18H2,1-3H3/t16-/m0/s1. The third-order valence-corrected chi connectivity index (χ3v) is 4.18. The van der Waals surface area contributed by atoms with E-state index in [1.165, 1.54) is 6.07 Å². The molecule has 20 heavy (non-hydrogen) atoms. The Hall–Kier alpha value is -1.68. The van der Waals surface area contributed by atoms with Crippen molar-refractivity contribution >= 4 is 0 Å². The van der Waals surface area contributed by atoms with E-state index in [2.05, 4.69) is 18.9 Å². The molecule has 3 rings (SSSR count). The normalized spacial score (nSPS) is 23.9. The van der Waals surface area contributed by atoms with Crippen molar-refractivity contribution < 1.29 is 4.39 Å². The molecule has 0 aliphatic heterocycles. The first-order valence-corrected chi connectivity index (χ1v) is 6.90. The zero-order valence-corrected chi connectivity index (χ0v) is 12.2. The van der Waals surface area contributed by atoms with E-state index in [0.29, 0.717) is 12.1 Å². The van der Waals surface area contributed by atoms with Crippen molar-refractivity contribution in [1.29, 1.82) is 0 Å². The van der Waals surface area contributed by atoms with Crippen molar-refractivity contribution in [2.75, 3.05) is 0 Å². The summed E-state index contributed by atoms with van der Waals surface area (Å²) in [5, 5.41) is 4.44. The second-order valence-electron chi connectivity index (χ2n) is 6.63. The number of rotatable bonds is 2. The van der Waals surface area contributed by atoms with Crippen LogP contribution >= 0.6 is 0 Å². The summed E-state index contributed by atoms with van der Waals surface area (Å²) in [6.45, 7) is 6.82. The molecule has 0 unspecified atom stereocenters. The van der Waals surface area contributed by atoms with Gasteiger partial charge in [-0.2, -0.15) is 5.10 Å². The number of nitrogens with two attached hydrogens (primary N) is 1. The first-order valence-electron chi connectivity index (χ1n) is 6.90. The number of fused-ring (bicyclic) bond motifs is 1. The molecule has 0 amide bonds. The molecule has 0 spiro atoms. The van der Waals surface area contributed by atoms with Crippen LogP contribution in [0.3, 0.4) is 0 Å². The van der Waals surface area contributed by atoms with Crippen LogP contribution in [0.15, 0.2) is 30.5 Å². The monoisotopic (exact) mass is 273 g/mol. The van der Waals surface area contributed by atoms with E-state index in [4.69, 9.17) is 5.73 Å². The second-order valence-corrected chi connectivity index (χ2v) is 6.63. The maximum absolute atomic E-state index is 13.8. The molecule has 1 aliphatic rings. The highest BCUT2D eigenvalue weighted by Gasteiger charge is 2.45. The van der Waals surface area contributed by atoms with Crippen LogP contribution in [-0.4, -0.2) is 9.78 Å². The van der Waals surface area contributed by atoms with Gasteiger partial charge in [0.15, 0.2) is 0 Å².